The molecule has 9 heteroatoms. The van der Waals surface area contributed by atoms with Crippen molar-refractivity contribution < 1.29 is 14.1 Å². The van der Waals surface area contributed by atoms with Crippen LogP contribution in [0.4, 0.5) is 5.69 Å². The molecule has 1 amide bonds. The van der Waals surface area contributed by atoms with Crippen molar-refractivity contribution in [2.75, 3.05) is 13.1 Å². The van der Waals surface area contributed by atoms with E-state index in [0.29, 0.717) is 5.56 Å². The monoisotopic (exact) mass is 362 g/mol. The highest BCUT2D eigenvalue weighted by Crippen LogP contribution is 2.28. The molecule has 0 radical (unpaired) electrons. The average molecular weight is 362 g/mol. The molecule has 0 saturated carbocycles. The van der Waals surface area contributed by atoms with Gasteiger partial charge in [-0.05, 0) is 32.3 Å². The van der Waals surface area contributed by atoms with Crippen LogP contribution in [0.3, 0.4) is 0 Å². The maximum Gasteiger partial charge on any atom is 0.277 e. The van der Waals surface area contributed by atoms with Gasteiger partial charge in [-0.3, -0.25) is 14.9 Å². The van der Waals surface area contributed by atoms with Crippen molar-refractivity contribution in [3.63, 3.8) is 0 Å². The summed E-state index contributed by atoms with van der Waals surface area (Å²) in [5.41, 5.74) is 0.433. The molecule has 1 aliphatic heterocycles. The molecule has 8 nitrogen and oxygen atoms in total. The lowest BCUT2D eigenvalue weighted by Gasteiger charge is -2.28. The molecule has 0 bridgehead atoms. The lowest BCUT2D eigenvalue weighted by molar-refractivity contribution is -0.384. The molecule has 132 valence electrons. The molecule has 0 spiro atoms. The zero-order chi connectivity index (χ0) is 17.8. The van der Waals surface area contributed by atoms with E-state index in [1.807, 2.05) is 11.8 Å². The van der Waals surface area contributed by atoms with Crippen LogP contribution in [-0.4, -0.2) is 44.3 Å². The second kappa shape index (κ2) is 7.64. The number of piperidine rings is 1. The topological polar surface area (TPSA) is 102 Å². The van der Waals surface area contributed by atoms with E-state index in [0.717, 1.165) is 25.9 Å². The van der Waals surface area contributed by atoms with E-state index in [4.69, 9.17) is 4.42 Å². The van der Waals surface area contributed by atoms with Crippen LogP contribution < -0.4 is 0 Å². The molecule has 0 aliphatic carbocycles. The third-order valence-corrected chi connectivity index (χ3v) is 4.93. The van der Waals surface area contributed by atoms with Crippen LogP contribution in [0.15, 0.2) is 33.9 Å². The van der Waals surface area contributed by atoms with Crippen molar-refractivity contribution in [1.82, 2.24) is 15.1 Å². The molecule has 1 fully saturated rings. The van der Waals surface area contributed by atoms with E-state index >= 15 is 0 Å². The molecule has 2 heterocycles. The number of non-ortho nitro benzene ring substituents is 1. The Kier molecular flexibility index (Phi) is 5.32. The minimum Gasteiger partial charge on any atom is -0.411 e. The SMILES string of the molecule is C[C@H](Sc1nnc(-c2cccc([N+](=O)[O-])c2)o1)C(=O)N1CCCCC1. The Labute approximate surface area is 148 Å². The van der Waals surface area contributed by atoms with Crippen molar-refractivity contribution >= 4 is 23.4 Å². The van der Waals surface area contributed by atoms with Gasteiger partial charge in [-0.1, -0.05) is 17.8 Å². The summed E-state index contributed by atoms with van der Waals surface area (Å²) in [6.45, 7) is 3.41. The van der Waals surface area contributed by atoms with Gasteiger partial charge in [0.2, 0.25) is 11.8 Å². The first kappa shape index (κ1) is 17.4. The number of aromatic nitrogens is 2. The Morgan fingerprint density at radius 3 is 2.80 bits per heavy atom. The molecule has 0 unspecified atom stereocenters. The van der Waals surface area contributed by atoms with Gasteiger partial charge in [0.1, 0.15) is 0 Å². The lowest BCUT2D eigenvalue weighted by Crippen LogP contribution is -2.40. The number of thioether (sulfide) groups is 1. The summed E-state index contributed by atoms with van der Waals surface area (Å²) in [5, 5.41) is 18.7. The van der Waals surface area contributed by atoms with Crippen LogP contribution in [-0.2, 0) is 4.79 Å². The number of nitro groups is 1. The van der Waals surface area contributed by atoms with Gasteiger partial charge in [-0.15, -0.1) is 10.2 Å². The van der Waals surface area contributed by atoms with Gasteiger partial charge >= 0.3 is 0 Å². The Bertz CT molecular complexity index is 773. The number of carbonyl (C=O) groups excluding carboxylic acids is 1. The number of likely N-dealkylation sites (tertiary alicyclic amines) is 1. The van der Waals surface area contributed by atoms with E-state index in [1.165, 1.54) is 30.3 Å². The fourth-order valence-corrected chi connectivity index (χ4v) is 3.47. The van der Waals surface area contributed by atoms with Gasteiger partial charge in [0.15, 0.2) is 0 Å². The zero-order valence-corrected chi connectivity index (χ0v) is 14.6. The van der Waals surface area contributed by atoms with Crippen LogP contribution in [0.25, 0.3) is 11.5 Å². The molecule has 1 aromatic heterocycles. The first-order valence-corrected chi connectivity index (χ1v) is 8.96. The highest BCUT2D eigenvalue weighted by molar-refractivity contribution is 8.00. The number of nitro benzene ring substituents is 1. The van der Waals surface area contributed by atoms with Gasteiger partial charge in [-0.2, -0.15) is 0 Å². The molecule has 1 aliphatic rings. The number of nitrogens with zero attached hydrogens (tertiary/aromatic N) is 4. The smallest absolute Gasteiger partial charge is 0.277 e. The van der Waals surface area contributed by atoms with Gasteiger partial charge in [0.25, 0.3) is 10.9 Å². The van der Waals surface area contributed by atoms with E-state index in [1.54, 1.807) is 12.1 Å². The van der Waals surface area contributed by atoms with Gasteiger partial charge in [-0.25, -0.2) is 0 Å². The minimum atomic E-state index is -0.477. The van der Waals surface area contributed by atoms with Crippen molar-refractivity contribution in [1.29, 1.82) is 0 Å². The fourth-order valence-electron chi connectivity index (χ4n) is 2.70. The maximum absolute atomic E-state index is 12.4. The summed E-state index contributed by atoms with van der Waals surface area (Å²) < 4.78 is 5.56. The average Bonchev–Trinajstić information content (AvgIpc) is 3.10. The van der Waals surface area contributed by atoms with Gasteiger partial charge < -0.3 is 9.32 Å². The number of amides is 1. The number of hydrogen-bond acceptors (Lipinski definition) is 7. The Morgan fingerprint density at radius 1 is 1.32 bits per heavy atom. The summed E-state index contributed by atoms with van der Waals surface area (Å²) in [5.74, 6) is 0.267. The predicted octanol–water partition coefficient (Wildman–Crippen LogP) is 3.14. The van der Waals surface area contributed by atoms with Crippen molar-refractivity contribution in [2.45, 2.75) is 36.7 Å². The van der Waals surface area contributed by atoms with Crippen LogP contribution in [0.5, 0.6) is 0 Å². The Balaban J connectivity index is 1.68. The van der Waals surface area contributed by atoms with Crippen LogP contribution in [0.2, 0.25) is 0 Å². The third kappa shape index (κ3) is 4.16. The molecular formula is C16H18N4O4S. The molecule has 1 aromatic carbocycles. The number of hydrogen-bond donors (Lipinski definition) is 0. The number of benzene rings is 1. The second-order valence-corrected chi connectivity index (χ2v) is 7.12. The Morgan fingerprint density at radius 2 is 2.08 bits per heavy atom. The van der Waals surface area contributed by atoms with Crippen LogP contribution in [0.1, 0.15) is 26.2 Å². The highest BCUT2D eigenvalue weighted by Gasteiger charge is 2.25. The molecule has 0 N–H and O–H groups in total. The summed E-state index contributed by atoms with van der Waals surface area (Å²) in [4.78, 5) is 24.7. The Hall–Kier alpha value is -2.42. The van der Waals surface area contributed by atoms with Gasteiger partial charge in [0, 0.05) is 30.8 Å². The predicted molar refractivity (Wildman–Crippen MR) is 92.1 cm³/mol. The lowest BCUT2D eigenvalue weighted by atomic mass is 10.1. The summed E-state index contributed by atoms with van der Waals surface area (Å²) in [7, 11) is 0. The van der Waals surface area contributed by atoms with Crippen LogP contribution >= 0.6 is 11.8 Å². The molecular weight excluding hydrogens is 344 g/mol. The molecule has 25 heavy (non-hydrogen) atoms. The standard InChI is InChI=1S/C16H18N4O4S/c1-11(15(21)19-8-3-2-4-9-19)25-16-18-17-14(24-16)12-6-5-7-13(10-12)20(22)23/h5-7,10-11H,2-4,8-9H2,1H3/t11-/m0/s1. The summed E-state index contributed by atoms with van der Waals surface area (Å²) >= 11 is 1.21. The number of rotatable bonds is 5. The molecule has 3 rings (SSSR count). The molecule has 1 atom stereocenters. The third-order valence-electron chi connectivity index (χ3n) is 4.00. The van der Waals surface area contributed by atoms with E-state index in [9.17, 15) is 14.9 Å². The normalized spacial score (nSPS) is 15.8. The van der Waals surface area contributed by atoms with Gasteiger partial charge in [0.05, 0.1) is 10.2 Å². The maximum atomic E-state index is 12.4. The largest absolute Gasteiger partial charge is 0.411 e. The molecule has 2 aromatic rings. The van der Waals surface area contributed by atoms with Crippen molar-refractivity contribution in [3.05, 3.63) is 34.4 Å². The van der Waals surface area contributed by atoms with Crippen molar-refractivity contribution in [2.24, 2.45) is 0 Å². The van der Waals surface area contributed by atoms with Crippen LogP contribution in [0, 0.1) is 10.1 Å². The first-order valence-electron chi connectivity index (χ1n) is 8.08. The summed E-state index contributed by atoms with van der Waals surface area (Å²) in [6, 6.07) is 6.00. The minimum absolute atomic E-state index is 0.0430. The quantitative estimate of drug-likeness (QED) is 0.457. The molecule has 1 saturated heterocycles. The van der Waals surface area contributed by atoms with E-state index in [2.05, 4.69) is 10.2 Å². The highest BCUT2D eigenvalue weighted by atomic mass is 32.2. The van der Waals surface area contributed by atoms with E-state index < -0.39 is 4.92 Å². The first-order chi connectivity index (χ1) is 12.0. The second-order valence-electron chi connectivity index (χ2n) is 5.83. The van der Waals surface area contributed by atoms with E-state index in [-0.39, 0.29) is 28.0 Å². The fraction of sp³-hybridized carbons (Fsp3) is 0.438. The van der Waals surface area contributed by atoms with Crippen molar-refractivity contribution in [3.8, 4) is 11.5 Å². The summed E-state index contributed by atoms with van der Waals surface area (Å²) in [6.07, 6.45) is 3.25. The zero-order valence-electron chi connectivity index (χ0n) is 13.8. The number of carbonyl (C=O) groups is 1.